The summed E-state index contributed by atoms with van der Waals surface area (Å²) in [5.41, 5.74) is 0. The van der Waals surface area contributed by atoms with Crippen LogP contribution in [0.4, 0.5) is 8.78 Å². The lowest BCUT2D eigenvalue weighted by molar-refractivity contribution is -0.135. The van der Waals surface area contributed by atoms with Gasteiger partial charge in [0, 0.05) is 70.4 Å². The number of ether oxygens (including phenoxy) is 2. The first-order chi connectivity index (χ1) is 21.5. The fraction of sp³-hybridized carbons (Fsp3) is 0.943. The quantitative estimate of drug-likeness (QED) is 0.365. The highest BCUT2D eigenvalue weighted by molar-refractivity contribution is 5.83. The Bertz CT molecular complexity index is 962. The minimum Gasteiger partial charge on any atom is -0.381 e. The maximum Gasteiger partial charge on any atom is 0.257 e. The molecular formula is C35H60F2N4O4. The second kappa shape index (κ2) is 15.7. The fourth-order valence-electron chi connectivity index (χ4n) is 9.47. The summed E-state index contributed by atoms with van der Waals surface area (Å²) in [6.45, 7) is 13.3. The van der Waals surface area contributed by atoms with E-state index in [2.05, 4.69) is 34.3 Å². The third-order valence-corrected chi connectivity index (χ3v) is 12.0. The number of hydrogen-bond donors (Lipinski definition) is 2. The van der Waals surface area contributed by atoms with Crippen molar-refractivity contribution in [2.24, 2.45) is 41.4 Å². The summed E-state index contributed by atoms with van der Waals surface area (Å²) in [5, 5.41) is 6.23. The molecule has 45 heavy (non-hydrogen) atoms. The molecule has 0 radical (unpaired) electrons. The number of carbonyl (C=O) groups is 2. The first kappa shape index (κ1) is 35.0. The molecule has 7 unspecified atom stereocenters. The van der Waals surface area contributed by atoms with Crippen molar-refractivity contribution in [1.82, 2.24) is 20.4 Å². The number of alkyl halides is 2. The molecule has 3 aliphatic heterocycles. The van der Waals surface area contributed by atoms with Crippen LogP contribution in [0.15, 0.2) is 0 Å². The van der Waals surface area contributed by atoms with Crippen LogP contribution in [0.1, 0.15) is 85.5 Å². The van der Waals surface area contributed by atoms with Crippen molar-refractivity contribution in [2.75, 3.05) is 59.2 Å². The molecule has 5 aliphatic rings. The summed E-state index contributed by atoms with van der Waals surface area (Å²) < 4.78 is 40.7. The average molecular weight is 639 g/mol. The van der Waals surface area contributed by atoms with Crippen molar-refractivity contribution in [3.8, 4) is 0 Å². The zero-order valence-corrected chi connectivity index (χ0v) is 28.3. The van der Waals surface area contributed by atoms with E-state index in [1.807, 2.05) is 6.92 Å². The van der Waals surface area contributed by atoms with Crippen LogP contribution in [0.3, 0.4) is 0 Å². The van der Waals surface area contributed by atoms with Gasteiger partial charge in [-0.15, -0.1) is 0 Å². The second-order valence-electron chi connectivity index (χ2n) is 15.5. The molecule has 2 amide bonds. The predicted molar refractivity (Wildman–Crippen MR) is 171 cm³/mol. The predicted octanol–water partition coefficient (Wildman–Crippen LogP) is 4.57. The highest BCUT2D eigenvalue weighted by Crippen LogP contribution is 2.46. The zero-order valence-electron chi connectivity index (χ0n) is 28.3. The number of morpholine rings is 1. The Labute approximate surface area is 270 Å². The number of nitrogens with one attached hydrogen (secondary N) is 2. The Morgan fingerprint density at radius 2 is 1.62 bits per heavy atom. The normalized spacial score (nSPS) is 37.8. The van der Waals surface area contributed by atoms with Gasteiger partial charge in [-0.2, -0.15) is 0 Å². The van der Waals surface area contributed by atoms with Gasteiger partial charge in [0.1, 0.15) is 0 Å². The van der Waals surface area contributed by atoms with Crippen LogP contribution in [-0.4, -0.2) is 105 Å². The molecule has 3 saturated heterocycles. The van der Waals surface area contributed by atoms with Crippen molar-refractivity contribution in [1.29, 1.82) is 0 Å². The molecule has 3 heterocycles. The van der Waals surface area contributed by atoms with Gasteiger partial charge in [0.15, 0.2) is 0 Å². The van der Waals surface area contributed by atoms with E-state index in [-0.39, 0.29) is 60.2 Å². The average Bonchev–Trinajstić information content (AvgIpc) is 3.00. The van der Waals surface area contributed by atoms with E-state index in [0.717, 1.165) is 84.7 Å². The van der Waals surface area contributed by atoms with Gasteiger partial charge in [0.25, 0.3) is 5.92 Å². The number of nitrogens with zero attached hydrogens (tertiary/aromatic N) is 2. The van der Waals surface area contributed by atoms with Gasteiger partial charge in [0.05, 0.1) is 25.7 Å². The van der Waals surface area contributed by atoms with Crippen molar-refractivity contribution in [2.45, 2.75) is 110 Å². The fourth-order valence-corrected chi connectivity index (χ4v) is 9.47. The van der Waals surface area contributed by atoms with Crippen LogP contribution in [0, 0.1) is 41.4 Å². The lowest BCUT2D eigenvalue weighted by Crippen LogP contribution is -2.58. The van der Waals surface area contributed by atoms with Crippen LogP contribution < -0.4 is 10.6 Å². The van der Waals surface area contributed by atoms with E-state index in [1.165, 1.54) is 12.8 Å². The zero-order chi connectivity index (χ0) is 32.1. The summed E-state index contributed by atoms with van der Waals surface area (Å²) in [4.78, 5) is 31.4. The van der Waals surface area contributed by atoms with E-state index in [1.54, 1.807) is 0 Å². The molecule has 2 N–H and O–H groups in total. The molecule has 0 spiro atoms. The standard InChI is InChI=1S/C35H60F2N4O4/c1-23-17-24(2)39-34(43)31(23)20-38-33(42)30-18-28(27-7-5-26(6-8-27)21-40-11-15-45-16-12-40)19-32(25(30)3)41(22-35(4,36)37)29-9-13-44-14-10-29/h23-32H,5-22H2,1-4H3,(H,38,42)(H,39,43). The second-order valence-corrected chi connectivity index (χ2v) is 15.5. The highest BCUT2D eigenvalue weighted by Gasteiger charge is 2.47. The topological polar surface area (TPSA) is 83.1 Å². The molecule has 0 aromatic heterocycles. The van der Waals surface area contributed by atoms with Crippen LogP contribution in [0.25, 0.3) is 0 Å². The maximum absolute atomic E-state index is 14.8. The molecule has 2 aliphatic carbocycles. The molecule has 258 valence electrons. The molecule has 0 aromatic carbocycles. The molecule has 10 heteroatoms. The van der Waals surface area contributed by atoms with Crippen molar-refractivity contribution >= 4 is 11.8 Å². The van der Waals surface area contributed by atoms with Gasteiger partial charge in [0.2, 0.25) is 11.8 Å². The van der Waals surface area contributed by atoms with E-state index in [4.69, 9.17) is 9.47 Å². The van der Waals surface area contributed by atoms with Crippen LogP contribution in [-0.2, 0) is 19.1 Å². The molecule has 8 nitrogen and oxygen atoms in total. The summed E-state index contributed by atoms with van der Waals surface area (Å²) in [5.74, 6) is -1.63. The summed E-state index contributed by atoms with van der Waals surface area (Å²) in [6.07, 6.45) is 8.76. The van der Waals surface area contributed by atoms with Crippen LogP contribution >= 0.6 is 0 Å². The Hall–Kier alpha value is -1.36. The molecule has 5 rings (SSSR count). The Balaban J connectivity index is 1.30. The van der Waals surface area contributed by atoms with Gasteiger partial charge in [-0.3, -0.25) is 19.4 Å². The molecule has 5 fully saturated rings. The summed E-state index contributed by atoms with van der Waals surface area (Å²) in [6, 6.07) is 0.103. The van der Waals surface area contributed by atoms with Gasteiger partial charge in [-0.05, 0) is 94.3 Å². The third-order valence-electron chi connectivity index (χ3n) is 12.0. The third kappa shape index (κ3) is 9.38. The van der Waals surface area contributed by atoms with E-state index in [9.17, 15) is 18.4 Å². The SMILES string of the molecule is CC1CC(C)C(CNC(=O)C2CC(C3CCC(CN4CCOCC4)CC3)CC(N(CC(C)(F)F)C3CCOCC3)C2C)C(=O)N1. The largest absolute Gasteiger partial charge is 0.381 e. The minimum absolute atomic E-state index is 0.00740. The van der Waals surface area contributed by atoms with E-state index < -0.39 is 5.92 Å². The van der Waals surface area contributed by atoms with E-state index in [0.29, 0.717) is 37.5 Å². The maximum atomic E-state index is 14.8. The van der Waals surface area contributed by atoms with Gasteiger partial charge in [-0.1, -0.05) is 13.8 Å². The molecular weight excluding hydrogens is 578 g/mol. The number of piperidine rings is 1. The van der Waals surface area contributed by atoms with Crippen LogP contribution in [0.2, 0.25) is 0 Å². The Morgan fingerprint density at radius 3 is 2.27 bits per heavy atom. The molecule has 0 bridgehead atoms. The summed E-state index contributed by atoms with van der Waals surface area (Å²) >= 11 is 0. The smallest absolute Gasteiger partial charge is 0.257 e. The van der Waals surface area contributed by atoms with E-state index >= 15 is 0 Å². The molecule has 0 aromatic rings. The Morgan fingerprint density at radius 1 is 0.956 bits per heavy atom. The van der Waals surface area contributed by atoms with Crippen LogP contribution in [0.5, 0.6) is 0 Å². The molecule has 7 atom stereocenters. The van der Waals surface area contributed by atoms with Gasteiger partial charge in [-0.25, -0.2) is 8.78 Å². The number of amides is 2. The van der Waals surface area contributed by atoms with Crippen molar-refractivity contribution in [3.05, 3.63) is 0 Å². The number of rotatable bonds is 10. The van der Waals surface area contributed by atoms with Crippen molar-refractivity contribution in [3.63, 3.8) is 0 Å². The number of carbonyl (C=O) groups excluding carboxylic acids is 2. The monoisotopic (exact) mass is 638 g/mol. The highest BCUT2D eigenvalue weighted by atomic mass is 19.3. The first-order valence-electron chi connectivity index (χ1n) is 18.1. The molecule has 2 saturated carbocycles. The lowest BCUT2D eigenvalue weighted by atomic mass is 9.63. The van der Waals surface area contributed by atoms with Crippen molar-refractivity contribution < 1.29 is 27.8 Å². The minimum atomic E-state index is -2.82. The number of hydrogen-bond acceptors (Lipinski definition) is 6. The van der Waals surface area contributed by atoms with Gasteiger partial charge >= 0.3 is 0 Å². The Kier molecular flexibility index (Phi) is 12.2. The van der Waals surface area contributed by atoms with Gasteiger partial charge < -0.3 is 20.1 Å². The number of halogens is 2. The summed E-state index contributed by atoms with van der Waals surface area (Å²) in [7, 11) is 0. The lowest BCUT2D eigenvalue weighted by Gasteiger charge is -2.51. The first-order valence-corrected chi connectivity index (χ1v) is 18.1.